The lowest BCUT2D eigenvalue weighted by Crippen LogP contribution is -2.09. The predicted octanol–water partition coefficient (Wildman–Crippen LogP) is 3.93. The maximum absolute atomic E-state index is 11.9. The highest BCUT2D eigenvalue weighted by molar-refractivity contribution is 9.10. The van der Waals surface area contributed by atoms with Gasteiger partial charge in [0.05, 0.1) is 18.2 Å². The lowest BCUT2D eigenvalue weighted by Gasteiger charge is -2.13. The number of carbonyl (C=O) groups excluding carboxylic acids is 1. The SMILES string of the molecule is COC(=O)c1ccc2c(Br)cn(C)c2c1CC(C)C. The minimum absolute atomic E-state index is 0.269. The highest BCUT2D eigenvalue weighted by atomic mass is 79.9. The molecule has 2 rings (SSSR count). The first-order chi connectivity index (χ1) is 8.95. The number of carbonyl (C=O) groups is 1. The van der Waals surface area contributed by atoms with Crippen molar-refractivity contribution >= 4 is 32.8 Å². The Morgan fingerprint density at radius 1 is 1.42 bits per heavy atom. The van der Waals surface area contributed by atoms with Crippen molar-refractivity contribution in [2.45, 2.75) is 20.3 Å². The van der Waals surface area contributed by atoms with Gasteiger partial charge in [-0.25, -0.2) is 4.79 Å². The Kier molecular flexibility index (Phi) is 3.99. The van der Waals surface area contributed by atoms with E-state index in [2.05, 4.69) is 34.3 Å². The second kappa shape index (κ2) is 5.37. The van der Waals surface area contributed by atoms with Crippen LogP contribution in [0.3, 0.4) is 0 Å². The van der Waals surface area contributed by atoms with Crippen LogP contribution in [0.5, 0.6) is 0 Å². The van der Waals surface area contributed by atoms with Gasteiger partial charge in [-0.05, 0) is 39.9 Å². The number of halogens is 1. The summed E-state index contributed by atoms with van der Waals surface area (Å²) < 4.78 is 8.00. The number of hydrogen-bond acceptors (Lipinski definition) is 2. The van der Waals surface area contributed by atoms with Crippen molar-refractivity contribution in [3.8, 4) is 0 Å². The van der Waals surface area contributed by atoms with E-state index in [4.69, 9.17) is 4.74 Å². The molecule has 0 bridgehead atoms. The number of aryl methyl sites for hydroxylation is 1. The van der Waals surface area contributed by atoms with E-state index in [9.17, 15) is 4.79 Å². The molecule has 0 unspecified atom stereocenters. The number of rotatable bonds is 3. The van der Waals surface area contributed by atoms with Gasteiger partial charge in [-0.15, -0.1) is 0 Å². The van der Waals surface area contributed by atoms with Gasteiger partial charge in [-0.3, -0.25) is 0 Å². The van der Waals surface area contributed by atoms with Crippen molar-refractivity contribution in [3.05, 3.63) is 33.9 Å². The molecule has 102 valence electrons. The normalized spacial score (nSPS) is 11.3. The second-order valence-corrected chi connectivity index (χ2v) is 6.02. The predicted molar refractivity (Wildman–Crippen MR) is 80.5 cm³/mol. The summed E-state index contributed by atoms with van der Waals surface area (Å²) in [6.45, 7) is 4.30. The van der Waals surface area contributed by atoms with Gasteiger partial charge in [0.25, 0.3) is 0 Å². The molecule has 0 fully saturated rings. The first-order valence-electron chi connectivity index (χ1n) is 6.30. The topological polar surface area (TPSA) is 31.2 Å². The molecule has 0 saturated heterocycles. The van der Waals surface area contributed by atoms with Gasteiger partial charge in [-0.1, -0.05) is 19.9 Å². The molecular formula is C15H18BrNO2. The van der Waals surface area contributed by atoms with Gasteiger partial charge < -0.3 is 9.30 Å². The molecule has 19 heavy (non-hydrogen) atoms. The van der Waals surface area contributed by atoms with Crippen LogP contribution in [-0.2, 0) is 18.2 Å². The standard InChI is InChI=1S/C15H18BrNO2/c1-9(2)7-12-10(15(18)19-4)5-6-11-13(16)8-17(3)14(11)12/h5-6,8-9H,7H2,1-4H3. The van der Waals surface area contributed by atoms with Crippen molar-refractivity contribution in [1.29, 1.82) is 0 Å². The minimum Gasteiger partial charge on any atom is -0.465 e. The maximum atomic E-state index is 11.9. The Bertz CT molecular complexity index is 629. The van der Waals surface area contributed by atoms with E-state index in [1.807, 2.05) is 25.4 Å². The molecule has 0 aliphatic heterocycles. The van der Waals surface area contributed by atoms with Crippen LogP contribution in [-0.4, -0.2) is 17.6 Å². The van der Waals surface area contributed by atoms with Gasteiger partial charge in [0, 0.05) is 23.1 Å². The molecule has 0 N–H and O–H groups in total. The number of nitrogens with zero attached hydrogens (tertiary/aromatic N) is 1. The molecule has 1 aromatic heterocycles. The van der Waals surface area contributed by atoms with E-state index in [-0.39, 0.29) is 5.97 Å². The second-order valence-electron chi connectivity index (χ2n) is 5.17. The molecule has 2 aromatic rings. The molecule has 0 aliphatic rings. The highest BCUT2D eigenvalue weighted by Gasteiger charge is 2.19. The fraction of sp³-hybridized carbons (Fsp3) is 0.400. The third-order valence-electron chi connectivity index (χ3n) is 3.22. The van der Waals surface area contributed by atoms with Gasteiger partial charge in [0.2, 0.25) is 0 Å². The maximum Gasteiger partial charge on any atom is 0.338 e. The quantitative estimate of drug-likeness (QED) is 0.801. The van der Waals surface area contributed by atoms with Gasteiger partial charge in [-0.2, -0.15) is 0 Å². The minimum atomic E-state index is -0.269. The smallest absolute Gasteiger partial charge is 0.338 e. The number of methoxy groups -OCH3 is 1. The molecule has 4 heteroatoms. The summed E-state index contributed by atoms with van der Waals surface area (Å²) >= 11 is 3.56. The average molecular weight is 324 g/mol. The van der Waals surface area contributed by atoms with E-state index < -0.39 is 0 Å². The summed E-state index contributed by atoms with van der Waals surface area (Å²) in [6.07, 6.45) is 2.88. The van der Waals surface area contributed by atoms with Crippen molar-refractivity contribution in [3.63, 3.8) is 0 Å². The summed E-state index contributed by atoms with van der Waals surface area (Å²) in [5.74, 6) is 0.206. The van der Waals surface area contributed by atoms with E-state index in [1.165, 1.54) is 7.11 Å². The van der Waals surface area contributed by atoms with Crippen LogP contribution in [0.25, 0.3) is 10.9 Å². The molecule has 0 amide bonds. The molecule has 1 heterocycles. The van der Waals surface area contributed by atoms with Crippen molar-refractivity contribution < 1.29 is 9.53 Å². The van der Waals surface area contributed by atoms with E-state index in [0.717, 1.165) is 27.4 Å². The van der Waals surface area contributed by atoms with Crippen LogP contribution in [0.1, 0.15) is 29.8 Å². The summed E-state index contributed by atoms with van der Waals surface area (Å²) in [4.78, 5) is 11.9. The lowest BCUT2D eigenvalue weighted by molar-refractivity contribution is 0.0599. The summed E-state index contributed by atoms with van der Waals surface area (Å²) in [5, 5.41) is 1.13. The molecule has 0 spiro atoms. The zero-order chi connectivity index (χ0) is 14.2. The zero-order valence-corrected chi connectivity index (χ0v) is 13.2. The Labute approximate surface area is 121 Å². The van der Waals surface area contributed by atoms with Crippen molar-refractivity contribution in [2.75, 3.05) is 7.11 Å². The number of aromatic nitrogens is 1. The van der Waals surface area contributed by atoms with E-state index in [1.54, 1.807) is 0 Å². The Balaban J connectivity index is 2.76. The number of ether oxygens (including phenoxy) is 1. The summed E-state index contributed by atoms with van der Waals surface area (Å²) in [5.41, 5.74) is 2.83. The Morgan fingerprint density at radius 3 is 2.68 bits per heavy atom. The molecule has 1 aromatic carbocycles. The van der Waals surface area contributed by atoms with Crippen molar-refractivity contribution in [2.24, 2.45) is 13.0 Å². The summed E-state index contributed by atoms with van der Waals surface area (Å²) in [6, 6.07) is 3.83. The van der Waals surface area contributed by atoms with Crippen LogP contribution >= 0.6 is 15.9 Å². The molecule has 0 saturated carbocycles. The van der Waals surface area contributed by atoms with Crippen LogP contribution in [0, 0.1) is 5.92 Å². The molecule has 0 aliphatic carbocycles. The third-order valence-corrected chi connectivity index (χ3v) is 3.85. The van der Waals surface area contributed by atoms with Gasteiger partial charge >= 0.3 is 5.97 Å². The molecule has 0 radical (unpaired) electrons. The fourth-order valence-corrected chi connectivity index (χ4v) is 3.08. The van der Waals surface area contributed by atoms with Crippen LogP contribution in [0.2, 0.25) is 0 Å². The number of fused-ring (bicyclic) bond motifs is 1. The average Bonchev–Trinajstić information content (AvgIpc) is 2.64. The first-order valence-corrected chi connectivity index (χ1v) is 7.09. The zero-order valence-electron chi connectivity index (χ0n) is 11.7. The number of hydrogen-bond donors (Lipinski definition) is 0. The monoisotopic (exact) mass is 323 g/mol. The van der Waals surface area contributed by atoms with Crippen LogP contribution < -0.4 is 0 Å². The molecular weight excluding hydrogens is 306 g/mol. The third kappa shape index (κ3) is 2.54. The summed E-state index contributed by atoms with van der Waals surface area (Å²) in [7, 11) is 3.42. The molecule has 0 atom stereocenters. The fourth-order valence-electron chi connectivity index (χ4n) is 2.45. The lowest BCUT2D eigenvalue weighted by atomic mass is 9.95. The highest BCUT2D eigenvalue weighted by Crippen LogP contribution is 2.31. The van der Waals surface area contributed by atoms with Crippen LogP contribution in [0.15, 0.2) is 22.8 Å². The first kappa shape index (κ1) is 14.1. The van der Waals surface area contributed by atoms with Crippen molar-refractivity contribution in [1.82, 2.24) is 4.57 Å². The Morgan fingerprint density at radius 2 is 2.11 bits per heavy atom. The van der Waals surface area contributed by atoms with Gasteiger partial charge in [0.1, 0.15) is 0 Å². The number of benzene rings is 1. The molecule has 3 nitrogen and oxygen atoms in total. The van der Waals surface area contributed by atoms with Crippen LogP contribution in [0.4, 0.5) is 0 Å². The number of esters is 1. The largest absolute Gasteiger partial charge is 0.465 e. The van der Waals surface area contributed by atoms with Gasteiger partial charge in [0.15, 0.2) is 0 Å². The Hall–Kier alpha value is -1.29. The van der Waals surface area contributed by atoms with E-state index >= 15 is 0 Å². The van der Waals surface area contributed by atoms with E-state index in [0.29, 0.717) is 11.5 Å².